The first-order valence-electron chi connectivity index (χ1n) is 7.11. The lowest BCUT2D eigenvalue weighted by molar-refractivity contribution is -0.0458. The Balaban J connectivity index is 1.94. The lowest BCUT2D eigenvalue weighted by Gasteiger charge is -2.31. The van der Waals surface area contributed by atoms with Gasteiger partial charge in [0.2, 0.25) is 0 Å². The van der Waals surface area contributed by atoms with Gasteiger partial charge in [-0.05, 0) is 27.2 Å². The van der Waals surface area contributed by atoms with Crippen molar-refractivity contribution in [1.29, 1.82) is 0 Å². The van der Waals surface area contributed by atoms with E-state index in [9.17, 15) is 4.79 Å². The van der Waals surface area contributed by atoms with E-state index >= 15 is 0 Å². The number of nitrogens with one attached hydrogen (secondary N) is 1. The Morgan fingerprint density at radius 2 is 2.38 bits per heavy atom. The number of rotatable bonds is 5. The highest BCUT2D eigenvalue weighted by Gasteiger charge is 2.29. The molecule has 0 aliphatic carbocycles. The zero-order valence-electron chi connectivity index (χ0n) is 12.7. The summed E-state index contributed by atoms with van der Waals surface area (Å²) < 4.78 is 16.3. The van der Waals surface area contributed by atoms with Crippen LogP contribution >= 0.6 is 0 Å². The predicted octanol–water partition coefficient (Wildman–Crippen LogP) is 1.85. The summed E-state index contributed by atoms with van der Waals surface area (Å²) in [6.07, 6.45) is 4.00. The van der Waals surface area contributed by atoms with Crippen LogP contribution < -0.4 is 5.32 Å². The molecule has 1 N–H and O–H groups in total. The molecule has 1 aromatic rings. The average Bonchev–Trinajstić information content (AvgIpc) is 2.86. The molecular weight excluding hydrogens is 272 g/mol. The van der Waals surface area contributed by atoms with Crippen LogP contribution in [0, 0.1) is 6.92 Å². The third-order valence-corrected chi connectivity index (χ3v) is 3.37. The van der Waals surface area contributed by atoms with Gasteiger partial charge in [0.05, 0.1) is 25.4 Å². The molecule has 0 saturated carbocycles. The van der Waals surface area contributed by atoms with E-state index in [-0.39, 0.29) is 18.1 Å². The summed E-state index contributed by atoms with van der Waals surface area (Å²) >= 11 is 0. The largest absolute Gasteiger partial charge is 0.448 e. The Hall–Kier alpha value is -1.66. The van der Waals surface area contributed by atoms with Crippen LogP contribution in [-0.4, -0.2) is 42.9 Å². The number of carbonyl (C=O) groups excluding carboxylic acids is 1. The second-order valence-electron chi connectivity index (χ2n) is 5.35. The van der Waals surface area contributed by atoms with E-state index in [1.807, 2.05) is 19.9 Å². The monoisotopic (exact) mass is 294 g/mol. The van der Waals surface area contributed by atoms with E-state index in [2.05, 4.69) is 10.3 Å². The summed E-state index contributed by atoms with van der Waals surface area (Å²) in [5.41, 5.74) is 1.52. The molecule has 2 heterocycles. The molecule has 0 radical (unpaired) electrons. The summed E-state index contributed by atoms with van der Waals surface area (Å²) in [5, 5.41) is 2.92. The second kappa shape index (κ2) is 7.38. The number of hydrogen-bond acceptors (Lipinski definition) is 5. The summed E-state index contributed by atoms with van der Waals surface area (Å²) in [7, 11) is 0. The lowest BCUT2D eigenvalue weighted by Crippen LogP contribution is -2.50. The number of carbonyl (C=O) groups is 1. The maximum absolute atomic E-state index is 12.2. The zero-order valence-corrected chi connectivity index (χ0v) is 12.7. The Kier molecular flexibility index (Phi) is 5.52. The fourth-order valence-corrected chi connectivity index (χ4v) is 2.15. The van der Waals surface area contributed by atoms with Gasteiger partial charge in [-0.15, -0.1) is 0 Å². The molecular formula is C15H22N2O4. The van der Waals surface area contributed by atoms with Crippen molar-refractivity contribution in [2.75, 3.05) is 19.8 Å². The van der Waals surface area contributed by atoms with E-state index < -0.39 is 0 Å². The van der Waals surface area contributed by atoms with Crippen LogP contribution in [0.2, 0.25) is 0 Å². The topological polar surface area (TPSA) is 73.6 Å². The van der Waals surface area contributed by atoms with Crippen LogP contribution in [0.1, 0.15) is 36.5 Å². The minimum atomic E-state index is -0.257. The predicted molar refractivity (Wildman–Crippen MR) is 77.1 cm³/mol. The van der Waals surface area contributed by atoms with Crippen LogP contribution in [0.5, 0.6) is 0 Å². The van der Waals surface area contributed by atoms with Gasteiger partial charge in [-0.1, -0.05) is 11.6 Å². The van der Waals surface area contributed by atoms with Crippen molar-refractivity contribution in [3.63, 3.8) is 0 Å². The Morgan fingerprint density at radius 1 is 1.57 bits per heavy atom. The van der Waals surface area contributed by atoms with Crippen LogP contribution in [-0.2, 0) is 9.47 Å². The van der Waals surface area contributed by atoms with Gasteiger partial charge in [0, 0.05) is 6.61 Å². The number of hydrogen-bond donors (Lipinski definition) is 1. The highest BCUT2D eigenvalue weighted by Crippen LogP contribution is 2.14. The fraction of sp³-hybridized carbons (Fsp3) is 0.600. The molecule has 0 bridgehead atoms. The standard InChI is InChI=1S/C15H22N2O4/c1-10(2)4-7-20-13-5-6-19-8-12(13)17-15(18)14-11(3)21-9-16-14/h4,9,12-13H,5-8H2,1-3H3,(H,17,18)/t12-,13+/m0/s1. The highest BCUT2D eigenvalue weighted by atomic mass is 16.5. The molecule has 0 spiro atoms. The van der Waals surface area contributed by atoms with E-state index in [1.54, 1.807) is 6.92 Å². The maximum Gasteiger partial charge on any atom is 0.273 e. The molecule has 6 heteroatoms. The fourth-order valence-electron chi connectivity index (χ4n) is 2.15. The molecule has 1 amide bonds. The Labute approximate surface area is 124 Å². The van der Waals surface area contributed by atoms with Gasteiger partial charge >= 0.3 is 0 Å². The summed E-state index contributed by atoms with van der Waals surface area (Å²) in [6.45, 7) is 7.40. The molecule has 1 saturated heterocycles. The number of nitrogens with zero attached hydrogens (tertiary/aromatic N) is 1. The van der Waals surface area contributed by atoms with Gasteiger partial charge in [0.25, 0.3) is 5.91 Å². The maximum atomic E-state index is 12.2. The van der Waals surface area contributed by atoms with E-state index in [4.69, 9.17) is 13.9 Å². The van der Waals surface area contributed by atoms with Crippen LogP contribution in [0.25, 0.3) is 0 Å². The number of aryl methyl sites for hydroxylation is 1. The van der Waals surface area contributed by atoms with Gasteiger partial charge in [-0.2, -0.15) is 0 Å². The van der Waals surface area contributed by atoms with Crippen molar-refractivity contribution in [3.05, 3.63) is 29.5 Å². The molecule has 116 valence electrons. The molecule has 0 unspecified atom stereocenters. The SMILES string of the molecule is CC(C)=CCO[C@@H]1CCOC[C@@H]1NC(=O)c1ncoc1C. The van der Waals surface area contributed by atoms with Gasteiger partial charge in [-0.3, -0.25) is 4.79 Å². The number of oxazole rings is 1. The molecule has 0 aromatic carbocycles. The van der Waals surface area contributed by atoms with Crippen molar-refractivity contribution in [2.45, 2.75) is 39.3 Å². The molecule has 1 aromatic heterocycles. The quantitative estimate of drug-likeness (QED) is 0.839. The summed E-state index contributed by atoms with van der Waals surface area (Å²) in [4.78, 5) is 16.1. The molecule has 6 nitrogen and oxygen atoms in total. The molecule has 1 fully saturated rings. The second-order valence-corrected chi connectivity index (χ2v) is 5.35. The van der Waals surface area contributed by atoms with E-state index in [0.717, 1.165) is 6.42 Å². The molecule has 1 aliphatic heterocycles. The average molecular weight is 294 g/mol. The number of aromatic nitrogens is 1. The van der Waals surface area contributed by atoms with Crippen molar-refractivity contribution in [3.8, 4) is 0 Å². The molecule has 2 rings (SSSR count). The zero-order chi connectivity index (χ0) is 15.2. The van der Waals surface area contributed by atoms with E-state index in [1.165, 1.54) is 12.0 Å². The molecule has 1 aliphatic rings. The lowest BCUT2D eigenvalue weighted by atomic mass is 10.1. The Bertz CT molecular complexity index is 506. The van der Waals surface area contributed by atoms with Crippen LogP contribution in [0.15, 0.2) is 22.5 Å². The van der Waals surface area contributed by atoms with Crippen LogP contribution in [0.3, 0.4) is 0 Å². The van der Waals surface area contributed by atoms with Crippen molar-refractivity contribution < 1.29 is 18.7 Å². The number of amides is 1. The van der Waals surface area contributed by atoms with Gasteiger partial charge in [0.15, 0.2) is 12.1 Å². The first-order chi connectivity index (χ1) is 10.1. The number of ether oxygens (including phenoxy) is 2. The summed E-state index contributed by atoms with van der Waals surface area (Å²) in [5.74, 6) is 0.249. The summed E-state index contributed by atoms with van der Waals surface area (Å²) in [6, 6.07) is -0.173. The van der Waals surface area contributed by atoms with Crippen LogP contribution in [0.4, 0.5) is 0 Å². The highest BCUT2D eigenvalue weighted by molar-refractivity contribution is 5.93. The molecule has 21 heavy (non-hydrogen) atoms. The third-order valence-electron chi connectivity index (χ3n) is 3.37. The first-order valence-corrected chi connectivity index (χ1v) is 7.11. The minimum absolute atomic E-state index is 0.0505. The minimum Gasteiger partial charge on any atom is -0.448 e. The van der Waals surface area contributed by atoms with Gasteiger partial charge < -0.3 is 19.2 Å². The van der Waals surface area contributed by atoms with E-state index in [0.29, 0.717) is 31.3 Å². The normalized spacial score (nSPS) is 21.9. The third kappa shape index (κ3) is 4.41. The number of allylic oxidation sites excluding steroid dienone is 1. The van der Waals surface area contributed by atoms with Crippen molar-refractivity contribution in [1.82, 2.24) is 10.3 Å². The first kappa shape index (κ1) is 15.7. The van der Waals surface area contributed by atoms with Crippen molar-refractivity contribution >= 4 is 5.91 Å². The Morgan fingerprint density at radius 3 is 3.05 bits per heavy atom. The van der Waals surface area contributed by atoms with Gasteiger partial charge in [-0.25, -0.2) is 4.98 Å². The van der Waals surface area contributed by atoms with Crippen molar-refractivity contribution in [2.24, 2.45) is 0 Å². The smallest absolute Gasteiger partial charge is 0.273 e. The molecule has 2 atom stereocenters. The van der Waals surface area contributed by atoms with Gasteiger partial charge in [0.1, 0.15) is 5.76 Å².